The van der Waals surface area contributed by atoms with Crippen molar-refractivity contribution >= 4 is 40.8 Å². The van der Waals surface area contributed by atoms with Crippen LogP contribution in [0.25, 0.3) is 0 Å². The zero-order valence-electron chi connectivity index (χ0n) is 19.9. The number of ether oxygens (including phenoxy) is 1. The number of pyridine rings is 1. The molecule has 3 heterocycles. The maximum atomic E-state index is 13.1. The molecule has 11 heteroatoms. The van der Waals surface area contributed by atoms with Gasteiger partial charge in [-0.1, -0.05) is 23.2 Å². The fourth-order valence-corrected chi connectivity index (χ4v) is 5.30. The second-order valence-corrected chi connectivity index (χ2v) is 10.5. The highest BCUT2D eigenvalue weighted by atomic mass is 35.5. The summed E-state index contributed by atoms with van der Waals surface area (Å²) in [5, 5.41) is 6.13. The number of hydrogen-bond donors (Lipinski definition) is 2. The standard InChI is InChI=1S/C25H28Cl2F2N4O3/c1-25(2,36-20-7-4-15(26)9-19(20)27)24(35)32-16-10-17-5-6-18(11-16)33(17)22-8-3-14(12-30-22)23(34)31-13-21(28)29/h3-4,7-9,12,16-18,21H,5-6,10-11,13H2,1-2H3,(H,31,34)(H,32,35). The molecule has 2 aliphatic heterocycles. The summed E-state index contributed by atoms with van der Waals surface area (Å²) in [5.74, 6) is 0.305. The minimum Gasteiger partial charge on any atom is -0.476 e. The molecule has 194 valence electrons. The monoisotopic (exact) mass is 540 g/mol. The lowest BCUT2D eigenvalue weighted by molar-refractivity contribution is -0.135. The van der Waals surface area contributed by atoms with Crippen molar-refractivity contribution in [2.75, 3.05) is 11.4 Å². The Labute approximate surface area is 218 Å². The molecule has 7 nitrogen and oxygen atoms in total. The van der Waals surface area contributed by atoms with Crippen molar-refractivity contribution in [2.45, 2.75) is 69.7 Å². The number of carbonyl (C=O) groups excluding carboxylic acids is 2. The Morgan fingerprint density at radius 2 is 1.86 bits per heavy atom. The van der Waals surface area contributed by atoms with Crippen molar-refractivity contribution in [2.24, 2.45) is 0 Å². The van der Waals surface area contributed by atoms with Gasteiger partial charge < -0.3 is 20.3 Å². The molecular formula is C25H28Cl2F2N4O3. The third-order valence-corrected chi connectivity index (χ3v) is 7.10. The Balaban J connectivity index is 1.36. The average molecular weight is 541 g/mol. The molecule has 2 N–H and O–H groups in total. The van der Waals surface area contributed by atoms with Gasteiger partial charge in [0.05, 0.1) is 17.1 Å². The summed E-state index contributed by atoms with van der Waals surface area (Å²) in [7, 11) is 0. The summed E-state index contributed by atoms with van der Waals surface area (Å²) < 4.78 is 30.6. The van der Waals surface area contributed by atoms with E-state index in [4.69, 9.17) is 27.9 Å². The van der Waals surface area contributed by atoms with Crippen LogP contribution in [0.3, 0.4) is 0 Å². The third kappa shape index (κ3) is 6.00. The maximum absolute atomic E-state index is 13.1. The first-order valence-electron chi connectivity index (χ1n) is 11.8. The molecule has 2 unspecified atom stereocenters. The Morgan fingerprint density at radius 1 is 1.17 bits per heavy atom. The van der Waals surface area contributed by atoms with Gasteiger partial charge in [0.15, 0.2) is 5.60 Å². The van der Waals surface area contributed by atoms with E-state index in [-0.39, 0.29) is 29.6 Å². The minimum absolute atomic E-state index is 0.0192. The molecule has 0 radical (unpaired) electrons. The van der Waals surface area contributed by atoms with Gasteiger partial charge in [0.25, 0.3) is 18.2 Å². The molecule has 2 fully saturated rings. The predicted octanol–water partition coefficient (Wildman–Crippen LogP) is 4.86. The molecular weight excluding hydrogens is 513 g/mol. The van der Waals surface area contributed by atoms with Crippen LogP contribution in [-0.4, -0.2) is 53.5 Å². The topological polar surface area (TPSA) is 83.6 Å². The molecule has 2 aromatic rings. The molecule has 36 heavy (non-hydrogen) atoms. The zero-order valence-corrected chi connectivity index (χ0v) is 21.5. The molecule has 0 saturated carbocycles. The minimum atomic E-state index is -2.61. The van der Waals surface area contributed by atoms with Crippen LogP contribution in [0.15, 0.2) is 36.5 Å². The fraction of sp³-hybridized carbons (Fsp3) is 0.480. The second-order valence-electron chi connectivity index (χ2n) is 9.63. The Bertz CT molecular complexity index is 1100. The van der Waals surface area contributed by atoms with Crippen LogP contribution in [0, 0.1) is 0 Å². The number of nitrogens with one attached hydrogen (secondary N) is 2. The van der Waals surface area contributed by atoms with E-state index < -0.39 is 24.5 Å². The van der Waals surface area contributed by atoms with Crippen LogP contribution in [0.1, 0.15) is 49.9 Å². The summed E-state index contributed by atoms with van der Waals surface area (Å²) in [4.78, 5) is 31.7. The van der Waals surface area contributed by atoms with Crippen LogP contribution >= 0.6 is 23.2 Å². The Kier molecular flexibility index (Phi) is 7.90. The van der Waals surface area contributed by atoms with Gasteiger partial charge in [-0.05, 0) is 69.9 Å². The van der Waals surface area contributed by atoms with Crippen molar-refractivity contribution in [3.63, 3.8) is 0 Å². The van der Waals surface area contributed by atoms with Gasteiger partial charge in [0.1, 0.15) is 11.6 Å². The highest BCUT2D eigenvalue weighted by Gasteiger charge is 2.43. The van der Waals surface area contributed by atoms with Crippen LogP contribution in [0.4, 0.5) is 14.6 Å². The van der Waals surface area contributed by atoms with Crippen molar-refractivity contribution in [3.05, 3.63) is 52.1 Å². The number of alkyl halides is 2. The number of piperidine rings is 1. The molecule has 4 rings (SSSR count). The predicted molar refractivity (Wildman–Crippen MR) is 134 cm³/mol. The summed E-state index contributed by atoms with van der Waals surface area (Å²) in [6, 6.07) is 8.56. The lowest BCUT2D eigenvalue weighted by atomic mass is 9.96. The molecule has 0 spiro atoms. The number of nitrogens with zero attached hydrogens (tertiary/aromatic N) is 2. The van der Waals surface area contributed by atoms with E-state index in [9.17, 15) is 18.4 Å². The van der Waals surface area contributed by atoms with Crippen molar-refractivity contribution in [1.29, 1.82) is 0 Å². The summed E-state index contributed by atoms with van der Waals surface area (Å²) >= 11 is 12.1. The van der Waals surface area contributed by atoms with Crippen LogP contribution < -0.4 is 20.3 Å². The summed E-state index contributed by atoms with van der Waals surface area (Å²) in [6.07, 6.45) is 2.23. The summed E-state index contributed by atoms with van der Waals surface area (Å²) in [6.45, 7) is 2.69. The van der Waals surface area contributed by atoms with E-state index in [1.54, 1.807) is 44.2 Å². The number of carbonyl (C=O) groups is 2. The van der Waals surface area contributed by atoms with Gasteiger partial charge in [-0.3, -0.25) is 9.59 Å². The lowest BCUT2D eigenvalue weighted by Gasteiger charge is -2.40. The van der Waals surface area contributed by atoms with Gasteiger partial charge >= 0.3 is 0 Å². The molecule has 2 atom stereocenters. The largest absolute Gasteiger partial charge is 0.476 e. The van der Waals surface area contributed by atoms with Crippen LogP contribution in [0.5, 0.6) is 5.75 Å². The van der Waals surface area contributed by atoms with Gasteiger partial charge in [-0.25, -0.2) is 13.8 Å². The van der Waals surface area contributed by atoms with E-state index >= 15 is 0 Å². The van der Waals surface area contributed by atoms with Crippen molar-refractivity contribution in [1.82, 2.24) is 15.6 Å². The number of amides is 2. The number of halogens is 4. The van der Waals surface area contributed by atoms with Crippen LogP contribution in [0.2, 0.25) is 10.0 Å². The molecule has 2 saturated heterocycles. The number of anilines is 1. The number of rotatable bonds is 8. The van der Waals surface area contributed by atoms with E-state index in [1.165, 1.54) is 6.20 Å². The third-order valence-electron chi connectivity index (χ3n) is 6.57. The second kappa shape index (κ2) is 10.8. The Morgan fingerprint density at radius 3 is 2.44 bits per heavy atom. The zero-order chi connectivity index (χ0) is 26.0. The molecule has 1 aromatic heterocycles. The van der Waals surface area contributed by atoms with Gasteiger partial charge in [0.2, 0.25) is 0 Å². The quantitative estimate of drug-likeness (QED) is 0.499. The fourth-order valence-electron chi connectivity index (χ4n) is 4.85. The van der Waals surface area contributed by atoms with Gasteiger partial charge in [-0.2, -0.15) is 0 Å². The lowest BCUT2D eigenvalue weighted by Crippen LogP contribution is -2.55. The number of aromatic nitrogens is 1. The molecule has 2 amide bonds. The first kappa shape index (κ1) is 26.4. The average Bonchev–Trinajstić information content (AvgIpc) is 3.09. The van der Waals surface area contributed by atoms with Crippen molar-refractivity contribution < 1.29 is 23.1 Å². The van der Waals surface area contributed by atoms with Gasteiger partial charge in [0, 0.05) is 29.3 Å². The molecule has 2 aliphatic rings. The van der Waals surface area contributed by atoms with E-state index in [0.717, 1.165) is 31.5 Å². The SMILES string of the molecule is CC(C)(Oc1ccc(Cl)cc1Cl)C(=O)NC1CC2CCC(C1)N2c1ccc(C(=O)NCC(F)F)cn1. The highest BCUT2D eigenvalue weighted by Crippen LogP contribution is 2.39. The highest BCUT2D eigenvalue weighted by molar-refractivity contribution is 6.35. The van der Waals surface area contributed by atoms with Crippen LogP contribution in [-0.2, 0) is 4.79 Å². The van der Waals surface area contributed by atoms with E-state index in [0.29, 0.717) is 15.8 Å². The molecule has 2 bridgehead atoms. The van der Waals surface area contributed by atoms with E-state index in [1.807, 2.05) is 0 Å². The Hall–Kier alpha value is -2.65. The number of benzene rings is 1. The number of fused-ring (bicyclic) bond motifs is 2. The first-order chi connectivity index (χ1) is 17.0. The van der Waals surface area contributed by atoms with Gasteiger partial charge in [-0.15, -0.1) is 0 Å². The number of hydrogen-bond acceptors (Lipinski definition) is 5. The molecule has 0 aliphatic carbocycles. The normalized spacial score (nSPS) is 21.4. The summed E-state index contributed by atoms with van der Waals surface area (Å²) in [5.41, 5.74) is -0.910. The maximum Gasteiger partial charge on any atom is 0.263 e. The van der Waals surface area contributed by atoms with E-state index in [2.05, 4.69) is 20.5 Å². The smallest absolute Gasteiger partial charge is 0.263 e. The van der Waals surface area contributed by atoms with Crippen molar-refractivity contribution in [3.8, 4) is 5.75 Å². The first-order valence-corrected chi connectivity index (χ1v) is 12.5. The molecule has 1 aromatic carbocycles.